The quantitative estimate of drug-likeness (QED) is 0.680. The molecular weight excluding hydrogens is 275 g/mol. The van der Waals surface area contributed by atoms with Gasteiger partial charge in [-0.05, 0) is 53.8 Å². The van der Waals surface area contributed by atoms with E-state index in [0.717, 1.165) is 35.3 Å². The van der Waals surface area contributed by atoms with Gasteiger partial charge in [0.1, 0.15) is 11.6 Å². The van der Waals surface area contributed by atoms with Crippen LogP contribution in [-0.4, -0.2) is 6.61 Å². The standard InChI is InChI=1S/C17H14ClFO/c1-17-4-5-20-15-8-11(18)7-14(16(15)17)13-3-2-12(19)6-10(13)9-17/h2-3,6-8H,4-5,9H2,1H3. The lowest BCUT2D eigenvalue weighted by Gasteiger charge is -2.41. The predicted molar refractivity (Wildman–Crippen MR) is 78.0 cm³/mol. The van der Waals surface area contributed by atoms with Crippen molar-refractivity contribution in [2.75, 3.05) is 6.61 Å². The molecule has 1 unspecified atom stereocenters. The summed E-state index contributed by atoms with van der Waals surface area (Å²) >= 11 is 6.22. The fourth-order valence-corrected chi connectivity index (χ4v) is 3.82. The van der Waals surface area contributed by atoms with E-state index in [4.69, 9.17) is 16.3 Å². The summed E-state index contributed by atoms with van der Waals surface area (Å²) in [5.74, 6) is 0.710. The van der Waals surface area contributed by atoms with Gasteiger partial charge in [0, 0.05) is 16.0 Å². The van der Waals surface area contributed by atoms with Crippen LogP contribution in [0.1, 0.15) is 24.5 Å². The number of fused-ring (bicyclic) bond motifs is 2. The molecular formula is C17H14ClFO. The summed E-state index contributed by atoms with van der Waals surface area (Å²) in [5.41, 5.74) is 4.47. The van der Waals surface area contributed by atoms with Crippen molar-refractivity contribution in [3.8, 4) is 16.9 Å². The van der Waals surface area contributed by atoms with Crippen LogP contribution in [0.5, 0.6) is 5.75 Å². The van der Waals surface area contributed by atoms with Gasteiger partial charge in [0.15, 0.2) is 0 Å². The first kappa shape index (κ1) is 12.2. The highest BCUT2D eigenvalue weighted by atomic mass is 35.5. The van der Waals surface area contributed by atoms with Crippen molar-refractivity contribution < 1.29 is 9.13 Å². The number of ether oxygens (including phenoxy) is 1. The van der Waals surface area contributed by atoms with Crippen molar-refractivity contribution in [3.05, 3.63) is 52.3 Å². The van der Waals surface area contributed by atoms with E-state index in [2.05, 4.69) is 6.92 Å². The first-order valence-corrected chi connectivity index (χ1v) is 7.20. The zero-order valence-corrected chi connectivity index (χ0v) is 11.9. The highest BCUT2D eigenvalue weighted by Gasteiger charge is 2.40. The Morgan fingerprint density at radius 2 is 2.05 bits per heavy atom. The lowest BCUT2D eigenvalue weighted by molar-refractivity contribution is 0.222. The molecule has 1 atom stereocenters. The van der Waals surface area contributed by atoms with Gasteiger partial charge < -0.3 is 4.74 Å². The predicted octanol–water partition coefficient (Wildman–Crippen LogP) is 4.74. The molecule has 2 aliphatic rings. The third kappa shape index (κ3) is 1.61. The zero-order chi connectivity index (χ0) is 13.9. The molecule has 3 heteroatoms. The van der Waals surface area contributed by atoms with Crippen LogP contribution in [0.2, 0.25) is 5.02 Å². The highest BCUT2D eigenvalue weighted by molar-refractivity contribution is 6.31. The highest BCUT2D eigenvalue weighted by Crippen LogP contribution is 2.51. The molecule has 0 spiro atoms. The van der Waals surface area contributed by atoms with Gasteiger partial charge in [0.2, 0.25) is 0 Å². The Morgan fingerprint density at radius 1 is 1.20 bits per heavy atom. The minimum Gasteiger partial charge on any atom is -0.493 e. The Hall–Kier alpha value is -1.54. The Labute approximate surface area is 122 Å². The Morgan fingerprint density at radius 3 is 2.90 bits per heavy atom. The van der Waals surface area contributed by atoms with Crippen molar-refractivity contribution >= 4 is 11.6 Å². The van der Waals surface area contributed by atoms with E-state index in [-0.39, 0.29) is 11.2 Å². The fourth-order valence-electron chi connectivity index (χ4n) is 3.61. The second-order valence-electron chi connectivity index (χ2n) is 5.96. The molecule has 1 aliphatic carbocycles. The second-order valence-corrected chi connectivity index (χ2v) is 6.40. The molecule has 4 rings (SSSR count). The molecule has 2 aromatic rings. The molecule has 1 heterocycles. The van der Waals surface area contributed by atoms with Crippen molar-refractivity contribution in [2.24, 2.45) is 0 Å². The topological polar surface area (TPSA) is 9.23 Å². The maximum Gasteiger partial charge on any atom is 0.125 e. The van der Waals surface area contributed by atoms with Gasteiger partial charge in [-0.3, -0.25) is 0 Å². The van der Waals surface area contributed by atoms with Gasteiger partial charge in [-0.1, -0.05) is 24.6 Å². The molecule has 1 nitrogen and oxygen atoms in total. The summed E-state index contributed by atoms with van der Waals surface area (Å²) in [6.07, 6.45) is 1.80. The summed E-state index contributed by atoms with van der Waals surface area (Å²) in [6.45, 7) is 2.92. The van der Waals surface area contributed by atoms with Gasteiger partial charge in [0.25, 0.3) is 0 Å². The van der Waals surface area contributed by atoms with Gasteiger partial charge in [-0.2, -0.15) is 0 Å². The number of hydrogen-bond acceptors (Lipinski definition) is 1. The van der Waals surface area contributed by atoms with Gasteiger partial charge in [-0.25, -0.2) is 4.39 Å². The Balaban J connectivity index is 2.08. The molecule has 0 radical (unpaired) electrons. The number of halogens is 2. The van der Waals surface area contributed by atoms with Gasteiger partial charge in [-0.15, -0.1) is 0 Å². The lowest BCUT2D eigenvalue weighted by Crippen LogP contribution is -2.35. The monoisotopic (exact) mass is 288 g/mol. The lowest BCUT2D eigenvalue weighted by atomic mass is 9.66. The summed E-state index contributed by atoms with van der Waals surface area (Å²) in [5, 5.41) is 0.667. The van der Waals surface area contributed by atoms with E-state index in [1.54, 1.807) is 6.07 Å². The van der Waals surface area contributed by atoms with Crippen molar-refractivity contribution in [1.29, 1.82) is 0 Å². The third-order valence-electron chi connectivity index (χ3n) is 4.52. The average Bonchev–Trinajstić information content (AvgIpc) is 2.37. The van der Waals surface area contributed by atoms with Crippen LogP contribution in [0.15, 0.2) is 30.3 Å². The molecule has 1 aliphatic heterocycles. The summed E-state index contributed by atoms with van der Waals surface area (Å²) in [4.78, 5) is 0. The van der Waals surface area contributed by atoms with Gasteiger partial charge >= 0.3 is 0 Å². The van der Waals surface area contributed by atoms with Crippen LogP contribution in [0.3, 0.4) is 0 Å². The molecule has 2 aromatic carbocycles. The van der Waals surface area contributed by atoms with Crippen molar-refractivity contribution in [2.45, 2.75) is 25.2 Å². The van der Waals surface area contributed by atoms with E-state index < -0.39 is 0 Å². The molecule has 20 heavy (non-hydrogen) atoms. The number of rotatable bonds is 0. The van der Waals surface area contributed by atoms with Crippen LogP contribution < -0.4 is 4.74 Å². The molecule has 0 saturated heterocycles. The van der Waals surface area contributed by atoms with E-state index in [0.29, 0.717) is 11.6 Å². The first-order chi connectivity index (χ1) is 9.57. The Kier molecular flexibility index (Phi) is 2.43. The largest absolute Gasteiger partial charge is 0.493 e. The van der Waals surface area contributed by atoms with E-state index in [9.17, 15) is 4.39 Å². The molecule has 0 amide bonds. The van der Waals surface area contributed by atoms with E-state index in [1.807, 2.05) is 18.2 Å². The van der Waals surface area contributed by atoms with Crippen molar-refractivity contribution in [3.63, 3.8) is 0 Å². The van der Waals surface area contributed by atoms with Crippen LogP contribution in [0.4, 0.5) is 4.39 Å². The SMILES string of the molecule is CC12CCOc3cc(Cl)cc(c31)-c1ccc(F)cc1C2. The normalized spacial score (nSPS) is 22.8. The fraction of sp³-hybridized carbons (Fsp3) is 0.294. The third-order valence-corrected chi connectivity index (χ3v) is 4.74. The molecule has 0 saturated carbocycles. The zero-order valence-electron chi connectivity index (χ0n) is 11.2. The smallest absolute Gasteiger partial charge is 0.125 e. The van der Waals surface area contributed by atoms with Crippen LogP contribution in [-0.2, 0) is 11.8 Å². The van der Waals surface area contributed by atoms with Crippen LogP contribution in [0, 0.1) is 5.82 Å². The number of hydrogen-bond donors (Lipinski definition) is 0. The minimum absolute atomic E-state index is 0.00823. The molecule has 0 aromatic heterocycles. The van der Waals surface area contributed by atoms with E-state index in [1.165, 1.54) is 11.6 Å². The molecule has 0 N–H and O–H groups in total. The summed E-state index contributed by atoms with van der Waals surface area (Å²) in [6, 6.07) is 8.89. The maximum absolute atomic E-state index is 13.5. The molecule has 0 bridgehead atoms. The second kappa shape index (κ2) is 3.98. The molecule has 0 fully saturated rings. The first-order valence-electron chi connectivity index (χ1n) is 6.82. The summed E-state index contributed by atoms with van der Waals surface area (Å²) < 4.78 is 19.3. The van der Waals surface area contributed by atoms with Gasteiger partial charge in [0.05, 0.1) is 6.61 Å². The van der Waals surface area contributed by atoms with Crippen LogP contribution >= 0.6 is 11.6 Å². The maximum atomic E-state index is 13.5. The Bertz CT molecular complexity index is 725. The molecule has 102 valence electrons. The average molecular weight is 289 g/mol. The van der Waals surface area contributed by atoms with Crippen LogP contribution in [0.25, 0.3) is 11.1 Å². The minimum atomic E-state index is -0.176. The number of benzene rings is 2. The van der Waals surface area contributed by atoms with Crippen molar-refractivity contribution in [1.82, 2.24) is 0 Å². The van der Waals surface area contributed by atoms with E-state index >= 15 is 0 Å². The summed E-state index contributed by atoms with van der Waals surface area (Å²) in [7, 11) is 0.